The monoisotopic (exact) mass is 315 g/mol. The Morgan fingerprint density at radius 1 is 1.29 bits per heavy atom. The number of hydrogen-bond acceptors (Lipinski definition) is 4. The van der Waals surface area contributed by atoms with Crippen molar-refractivity contribution in [3.05, 3.63) is 29.3 Å². The van der Waals surface area contributed by atoms with Crippen LogP contribution in [0.2, 0.25) is 5.02 Å². The molecule has 7 nitrogen and oxygen atoms in total. The summed E-state index contributed by atoms with van der Waals surface area (Å²) in [5, 5.41) is 19.8. The second kappa shape index (κ2) is 7.49. The Kier molecular flexibility index (Phi) is 5.98. The van der Waals surface area contributed by atoms with Crippen LogP contribution >= 0.6 is 11.6 Å². The van der Waals surface area contributed by atoms with Gasteiger partial charge in [0.1, 0.15) is 11.8 Å². The standard InChI is InChI=1S/C13H14ClNO6/c1-7(21-10-5-3-2-4-8(10)14)12(18)15-9(13(19)20)6-11(16)17/h2-5,7,9H,6H2,1H3,(H,15,18)(H,16,17)(H,19,20)/t7?,9-/m1/s1. The highest BCUT2D eigenvalue weighted by Gasteiger charge is 2.26. The summed E-state index contributed by atoms with van der Waals surface area (Å²) in [4.78, 5) is 33.2. The average Bonchev–Trinajstić information content (AvgIpc) is 2.39. The Balaban J connectivity index is 2.67. The summed E-state index contributed by atoms with van der Waals surface area (Å²) in [6.07, 6.45) is -1.75. The second-order valence-electron chi connectivity index (χ2n) is 4.19. The summed E-state index contributed by atoms with van der Waals surface area (Å²) in [6, 6.07) is 4.96. The van der Waals surface area contributed by atoms with E-state index in [2.05, 4.69) is 5.32 Å². The number of amides is 1. The normalized spacial score (nSPS) is 13.0. The Labute approximate surface area is 125 Å². The average molecular weight is 316 g/mol. The first-order valence-electron chi connectivity index (χ1n) is 5.97. The summed E-state index contributed by atoms with van der Waals surface area (Å²) < 4.78 is 5.31. The van der Waals surface area contributed by atoms with E-state index in [-0.39, 0.29) is 5.75 Å². The van der Waals surface area contributed by atoms with E-state index >= 15 is 0 Å². The van der Waals surface area contributed by atoms with Gasteiger partial charge in [0, 0.05) is 0 Å². The van der Waals surface area contributed by atoms with Crippen molar-refractivity contribution < 1.29 is 29.3 Å². The van der Waals surface area contributed by atoms with E-state index in [0.717, 1.165) is 0 Å². The van der Waals surface area contributed by atoms with Crippen LogP contribution in [0.1, 0.15) is 13.3 Å². The maximum absolute atomic E-state index is 11.8. The predicted octanol–water partition coefficient (Wildman–Crippen LogP) is 1.15. The third-order valence-corrected chi connectivity index (χ3v) is 2.82. The molecule has 2 atom stereocenters. The van der Waals surface area contributed by atoms with Crippen LogP contribution in [0.15, 0.2) is 24.3 Å². The van der Waals surface area contributed by atoms with Gasteiger partial charge in [0.25, 0.3) is 5.91 Å². The number of halogens is 1. The molecule has 8 heteroatoms. The van der Waals surface area contributed by atoms with Gasteiger partial charge in [-0.15, -0.1) is 0 Å². The quantitative estimate of drug-likeness (QED) is 0.695. The fourth-order valence-corrected chi connectivity index (χ4v) is 1.63. The molecule has 1 rings (SSSR count). The van der Waals surface area contributed by atoms with Crippen molar-refractivity contribution in [1.29, 1.82) is 0 Å². The van der Waals surface area contributed by atoms with Crippen molar-refractivity contribution in [1.82, 2.24) is 5.32 Å². The maximum atomic E-state index is 11.8. The van der Waals surface area contributed by atoms with Crippen molar-refractivity contribution >= 4 is 29.4 Å². The molecule has 0 aliphatic rings. The van der Waals surface area contributed by atoms with Crippen LogP contribution in [0, 0.1) is 0 Å². The zero-order chi connectivity index (χ0) is 16.0. The molecular weight excluding hydrogens is 302 g/mol. The molecule has 0 radical (unpaired) electrons. The Morgan fingerprint density at radius 2 is 1.90 bits per heavy atom. The summed E-state index contributed by atoms with van der Waals surface area (Å²) in [5.74, 6) is -3.24. The molecule has 0 aromatic heterocycles. The number of benzene rings is 1. The van der Waals surface area contributed by atoms with Gasteiger partial charge in [-0.25, -0.2) is 4.79 Å². The number of carboxylic acids is 2. The highest BCUT2D eigenvalue weighted by atomic mass is 35.5. The van der Waals surface area contributed by atoms with E-state index in [0.29, 0.717) is 5.02 Å². The van der Waals surface area contributed by atoms with Gasteiger partial charge in [-0.3, -0.25) is 9.59 Å². The highest BCUT2D eigenvalue weighted by Crippen LogP contribution is 2.24. The van der Waals surface area contributed by atoms with Crippen molar-refractivity contribution in [2.75, 3.05) is 0 Å². The summed E-state index contributed by atoms with van der Waals surface area (Å²) in [7, 11) is 0. The fourth-order valence-electron chi connectivity index (χ4n) is 1.45. The SMILES string of the molecule is CC(Oc1ccccc1Cl)C(=O)N[C@H](CC(=O)O)C(=O)O. The molecule has 21 heavy (non-hydrogen) atoms. The molecule has 0 spiro atoms. The number of carboxylic acid groups (broad SMARTS) is 2. The Bertz CT molecular complexity index is 547. The molecule has 1 amide bonds. The van der Waals surface area contributed by atoms with Gasteiger partial charge in [-0.2, -0.15) is 0 Å². The smallest absolute Gasteiger partial charge is 0.326 e. The zero-order valence-electron chi connectivity index (χ0n) is 11.1. The summed E-state index contributed by atoms with van der Waals surface area (Å²) in [6.45, 7) is 1.40. The van der Waals surface area contributed by atoms with Crippen LogP contribution in [0.4, 0.5) is 0 Å². The molecule has 1 aromatic carbocycles. The minimum absolute atomic E-state index is 0.270. The molecule has 0 saturated carbocycles. The van der Waals surface area contributed by atoms with E-state index in [9.17, 15) is 14.4 Å². The van der Waals surface area contributed by atoms with E-state index in [1.54, 1.807) is 24.3 Å². The predicted molar refractivity (Wildman–Crippen MR) is 73.4 cm³/mol. The first kappa shape index (κ1) is 16.8. The number of rotatable bonds is 7. The number of aliphatic carboxylic acids is 2. The van der Waals surface area contributed by atoms with E-state index < -0.39 is 36.4 Å². The molecule has 0 bridgehead atoms. The summed E-state index contributed by atoms with van der Waals surface area (Å²) in [5.41, 5.74) is 0. The minimum Gasteiger partial charge on any atom is -0.481 e. The van der Waals surface area contributed by atoms with E-state index in [4.69, 9.17) is 26.6 Å². The van der Waals surface area contributed by atoms with Crippen LogP contribution in [0.5, 0.6) is 5.75 Å². The lowest BCUT2D eigenvalue weighted by atomic mass is 10.2. The number of carbonyl (C=O) groups is 3. The number of nitrogens with one attached hydrogen (secondary N) is 1. The van der Waals surface area contributed by atoms with Crippen molar-refractivity contribution in [3.63, 3.8) is 0 Å². The van der Waals surface area contributed by atoms with Crippen molar-refractivity contribution in [2.45, 2.75) is 25.5 Å². The number of carbonyl (C=O) groups excluding carboxylic acids is 1. The molecular formula is C13H14ClNO6. The first-order valence-corrected chi connectivity index (χ1v) is 6.35. The number of hydrogen-bond donors (Lipinski definition) is 3. The van der Waals surface area contributed by atoms with Gasteiger partial charge in [0.15, 0.2) is 6.10 Å². The van der Waals surface area contributed by atoms with Crippen molar-refractivity contribution in [2.24, 2.45) is 0 Å². The number of ether oxygens (including phenoxy) is 1. The lowest BCUT2D eigenvalue weighted by Crippen LogP contribution is -2.47. The molecule has 0 aliphatic heterocycles. The molecule has 0 saturated heterocycles. The van der Waals surface area contributed by atoms with Gasteiger partial charge in [0.2, 0.25) is 0 Å². The molecule has 0 heterocycles. The zero-order valence-corrected chi connectivity index (χ0v) is 11.8. The Morgan fingerprint density at radius 3 is 2.43 bits per heavy atom. The minimum atomic E-state index is -1.52. The van der Waals surface area contributed by atoms with Gasteiger partial charge in [-0.05, 0) is 19.1 Å². The van der Waals surface area contributed by atoms with E-state index in [1.165, 1.54) is 6.92 Å². The highest BCUT2D eigenvalue weighted by molar-refractivity contribution is 6.32. The first-order chi connectivity index (χ1) is 9.81. The van der Waals surface area contributed by atoms with E-state index in [1.807, 2.05) is 0 Å². The van der Waals surface area contributed by atoms with Gasteiger partial charge in [-0.1, -0.05) is 23.7 Å². The Hall–Kier alpha value is -2.28. The lowest BCUT2D eigenvalue weighted by molar-refractivity contribution is -0.147. The largest absolute Gasteiger partial charge is 0.481 e. The molecule has 1 aromatic rings. The van der Waals surface area contributed by atoms with Gasteiger partial charge in [0.05, 0.1) is 11.4 Å². The van der Waals surface area contributed by atoms with Gasteiger partial charge >= 0.3 is 11.9 Å². The third-order valence-electron chi connectivity index (χ3n) is 2.50. The van der Waals surface area contributed by atoms with Crippen molar-refractivity contribution in [3.8, 4) is 5.75 Å². The molecule has 1 unspecified atom stereocenters. The molecule has 0 fully saturated rings. The van der Waals surface area contributed by atoms with Crippen LogP contribution in [0.3, 0.4) is 0 Å². The molecule has 114 valence electrons. The van der Waals surface area contributed by atoms with Crippen LogP contribution in [-0.4, -0.2) is 40.2 Å². The fraction of sp³-hybridized carbons (Fsp3) is 0.308. The van der Waals surface area contributed by atoms with Crippen LogP contribution in [0.25, 0.3) is 0 Å². The van der Waals surface area contributed by atoms with Crippen LogP contribution in [-0.2, 0) is 14.4 Å². The topological polar surface area (TPSA) is 113 Å². The third kappa shape index (κ3) is 5.31. The second-order valence-corrected chi connectivity index (χ2v) is 4.59. The number of para-hydroxylation sites is 1. The van der Waals surface area contributed by atoms with Gasteiger partial charge < -0.3 is 20.3 Å². The molecule has 3 N–H and O–H groups in total. The van der Waals surface area contributed by atoms with Crippen LogP contribution < -0.4 is 10.1 Å². The lowest BCUT2D eigenvalue weighted by Gasteiger charge is -2.18. The maximum Gasteiger partial charge on any atom is 0.326 e. The molecule has 0 aliphatic carbocycles. The summed E-state index contributed by atoms with van der Waals surface area (Å²) >= 11 is 5.87.